The van der Waals surface area contributed by atoms with E-state index >= 15 is 0 Å². The Kier molecular flexibility index (Phi) is 4.35. The molecule has 0 heterocycles. The lowest BCUT2D eigenvalue weighted by molar-refractivity contribution is -0.146. The quantitative estimate of drug-likeness (QED) is 0.822. The predicted molar refractivity (Wildman–Crippen MR) is 77.4 cm³/mol. The van der Waals surface area contributed by atoms with Gasteiger partial charge in [-0.25, -0.2) is 4.79 Å². The van der Waals surface area contributed by atoms with Crippen molar-refractivity contribution in [3.63, 3.8) is 0 Å². The van der Waals surface area contributed by atoms with E-state index in [1.54, 1.807) is 6.07 Å². The number of carbonyl (C=O) groups excluding carboxylic acids is 1. The molecule has 1 N–H and O–H groups in total. The first-order chi connectivity index (χ1) is 9.69. The molecular formula is C16H17NO3. The minimum Gasteiger partial charge on any atom is -0.479 e. The molecule has 0 aliphatic rings. The highest BCUT2D eigenvalue weighted by molar-refractivity contribution is 5.91. The fraction of sp³-hybridized carbons (Fsp3) is 0.250. The number of aliphatic carboxylic acids is 1. The largest absolute Gasteiger partial charge is 0.479 e. The lowest BCUT2D eigenvalue weighted by Crippen LogP contribution is -2.33. The van der Waals surface area contributed by atoms with Gasteiger partial charge in [0.25, 0.3) is 0 Å². The van der Waals surface area contributed by atoms with Gasteiger partial charge in [-0.3, -0.25) is 4.79 Å². The Bertz CT molecular complexity index is 619. The number of nitrogens with zero attached hydrogens (tertiary/aromatic N) is 1. The van der Waals surface area contributed by atoms with E-state index < -0.39 is 12.0 Å². The Morgan fingerprint density at radius 3 is 2.60 bits per heavy atom. The van der Waals surface area contributed by atoms with Crippen molar-refractivity contribution in [1.82, 2.24) is 4.90 Å². The maximum absolute atomic E-state index is 11.6. The highest BCUT2D eigenvalue weighted by Gasteiger charge is 2.27. The van der Waals surface area contributed by atoms with Crippen LogP contribution in [0.1, 0.15) is 24.9 Å². The fourth-order valence-electron chi connectivity index (χ4n) is 2.44. The molecule has 0 bridgehead atoms. The van der Waals surface area contributed by atoms with Gasteiger partial charge >= 0.3 is 5.97 Å². The van der Waals surface area contributed by atoms with Gasteiger partial charge in [-0.2, -0.15) is 0 Å². The molecule has 2 rings (SSSR count). The van der Waals surface area contributed by atoms with Crippen LogP contribution in [-0.2, 0) is 9.59 Å². The second-order valence-electron chi connectivity index (χ2n) is 4.65. The summed E-state index contributed by atoms with van der Waals surface area (Å²) in [7, 11) is 0. The molecule has 0 radical (unpaired) electrons. The van der Waals surface area contributed by atoms with Crippen LogP contribution in [0.15, 0.2) is 42.5 Å². The van der Waals surface area contributed by atoms with E-state index in [0.717, 1.165) is 10.8 Å². The van der Waals surface area contributed by atoms with Gasteiger partial charge in [-0.15, -0.1) is 0 Å². The molecule has 0 spiro atoms. The molecule has 4 nitrogen and oxygen atoms in total. The van der Waals surface area contributed by atoms with E-state index in [1.165, 1.54) is 4.90 Å². The molecule has 1 atom stereocenters. The molecule has 104 valence electrons. The topological polar surface area (TPSA) is 57.6 Å². The molecule has 2 aromatic carbocycles. The lowest BCUT2D eigenvalue weighted by Gasteiger charge is -2.25. The first kappa shape index (κ1) is 14.1. The van der Waals surface area contributed by atoms with Crippen LogP contribution < -0.4 is 0 Å². The molecule has 0 fully saturated rings. The summed E-state index contributed by atoms with van der Waals surface area (Å²) in [5, 5.41) is 11.4. The maximum atomic E-state index is 11.6. The molecule has 0 aliphatic carbocycles. The van der Waals surface area contributed by atoms with E-state index in [4.69, 9.17) is 0 Å². The van der Waals surface area contributed by atoms with Crippen molar-refractivity contribution in [3.05, 3.63) is 48.0 Å². The van der Waals surface area contributed by atoms with Crippen molar-refractivity contribution in [2.24, 2.45) is 0 Å². The van der Waals surface area contributed by atoms with Gasteiger partial charge in [0, 0.05) is 6.54 Å². The molecule has 1 unspecified atom stereocenters. The van der Waals surface area contributed by atoms with E-state index in [1.807, 2.05) is 43.3 Å². The number of fused-ring (bicyclic) bond motifs is 1. The molecule has 0 aliphatic heterocycles. The van der Waals surface area contributed by atoms with Gasteiger partial charge < -0.3 is 10.0 Å². The third-order valence-electron chi connectivity index (χ3n) is 3.30. The molecule has 4 heteroatoms. The van der Waals surface area contributed by atoms with Crippen LogP contribution in [0.3, 0.4) is 0 Å². The second kappa shape index (κ2) is 6.19. The van der Waals surface area contributed by atoms with Crippen LogP contribution in [-0.4, -0.2) is 28.9 Å². The number of carbonyl (C=O) groups is 2. The minimum absolute atomic E-state index is 0.420. The van der Waals surface area contributed by atoms with Crippen LogP contribution in [0.25, 0.3) is 10.8 Å². The normalized spacial score (nSPS) is 12.1. The predicted octanol–water partition coefficient (Wildman–Crippen LogP) is 2.83. The summed E-state index contributed by atoms with van der Waals surface area (Å²) in [6.07, 6.45) is 1.33. The molecule has 0 saturated heterocycles. The molecule has 2 aromatic rings. The van der Waals surface area contributed by atoms with Gasteiger partial charge in [0.15, 0.2) is 6.04 Å². The highest BCUT2D eigenvalue weighted by atomic mass is 16.4. The van der Waals surface area contributed by atoms with E-state index in [9.17, 15) is 14.7 Å². The highest BCUT2D eigenvalue weighted by Crippen LogP contribution is 2.28. The van der Waals surface area contributed by atoms with Crippen LogP contribution in [0.2, 0.25) is 0 Å². The summed E-state index contributed by atoms with van der Waals surface area (Å²) in [5.74, 6) is -1.01. The van der Waals surface area contributed by atoms with Crippen molar-refractivity contribution in [1.29, 1.82) is 0 Å². The number of amides is 1. The maximum Gasteiger partial charge on any atom is 0.331 e. The Morgan fingerprint density at radius 1 is 1.25 bits per heavy atom. The van der Waals surface area contributed by atoms with Crippen molar-refractivity contribution >= 4 is 23.2 Å². The van der Waals surface area contributed by atoms with Crippen LogP contribution >= 0.6 is 0 Å². The molecule has 0 saturated carbocycles. The molecular weight excluding hydrogens is 254 g/mol. The SMILES string of the molecule is CCCN(C=O)C(C(=O)O)c1cccc2ccccc12. The second-order valence-corrected chi connectivity index (χ2v) is 4.65. The summed E-state index contributed by atoms with van der Waals surface area (Å²) in [5.41, 5.74) is 0.649. The smallest absolute Gasteiger partial charge is 0.331 e. The summed E-state index contributed by atoms with van der Waals surface area (Å²) in [6.45, 7) is 2.34. The number of benzene rings is 2. The summed E-state index contributed by atoms with van der Waals surface area (Å²) >= 11 is 0. The molecule has 1 amide bonds. The number of hydrogen-bond acceptors (Lipinski definition) is 2. The van der Waals surface area contributed by atoms with Crippen molar-refractivity contribution in [2.45, 2.75) is 19.4 Å². The zero-order chi connectivity index (χ0) is 14.5. The third-order valence-corrected chi connectivity index (χ3v) is 3.30. The average Bonchev–Trinajstić information content (AvgIpc) is 2.46. The Hall–Kier alpha value is -2.36. The standard InChI is InChI=1S/C16H17NO3/c1-2-10-17(11-18)15(16(19)20)14-9-5-7-12-6-3-4-8-13(12)14/h3-9,11,15H,2,10H2,1H3,(H,19,20). The Labute approximate surface area is 117 Å². The number of carboxylic acids is 1. The lowest BCUT2D eigenvalue weighted by atomic mass is 9.98. The van der Waals surface area contributed by atoms with Crippen LogP contribution in [0.4, 0.5) is 0 Å². The van der Waals surface area contributed by atoms with E-state index in [-0.39, 0.29) is 0 Å². The van der Waals surface area contributed by atoms with Gasteiger partial charge in [-0.1, -0.05) is 49.4 Å². The van der Waals surface area contributed by atoms with Gasteiger partial charge in [-0.05, 0) is 22.8 Å². The van der Waals surface area contributed by atoms with Crippen molar-refractivity contribution in [2.75, 3.05) is 6.54 Å². The summed E-state index contributed by atoms with van der Waals surface area (Å²) in [6, 6.07) is 12.2. The number of hydrogen-bond donors (Lipinski definition) is 1. The van der Waals surface area contributed by atoms with Crippen molar-refractivity contribution in [3.8, 4) is 0 Å². The van der Waals surface area contributed by atoms with Gasteiger partial charge in [0.1, 0.15) is 0 Å². The van der Waals surface area contributed by atoms with E-state index in [2.05, 4.69) is 0 Å². The fourth-order valence-corrected chi connectivity index (χ4v) is 2.44. The van der Waals surface area contributed by atoms with Crippen LogP contribution in [0.5, 0.6) is 0 Å². The van der Waals surface area contributed by atoms with Crippen molar-refractivity contribution < 1.29 is 14.7 Å². The summed E-state index contributed by atoms with van der Waals surface area (Å²) < 4.78 is 0. The number of carboxylic acid groups (broad SMARTS) is 1. The monoisotopic (exact) mass is 271 g/mol. The Morgan fingerprint density at radius 2 is 1.95 bits per heavy atom. The van der Waals surface area contributed by atoms with Crippen LogP contribution in [0, 0.1) is 0 Å². The van der Waals surface area contributed by atoms with Gasteiger partial charge in [0.2, 0.25) is 6.41 Å². The Balaban J connectivity index is 2.57. The van der Waals surface area contributed by atoms with E-state index in [0.29, 0.717) is 24.9 Å². The molecule has 0 aromatic heterocycles. The minimum atomic E-state index is -1.01. The van der Waals surface area contributed by atoms with Gasteiger partial charge in [0.05, 0.1) is 0 Å². The summed E-state index contributed by atoms with van der Waals surface area (Å²) in [4.78, 5) is 24.2. The zero-order valence-corrected chi connectivity index (χ0v) is 11.3. The number of rotatable bonds is 6. The zero-order valence-electron chi connectivity index (χ0n) is 11.3. The average molecular weight is 271 g/mol. The third kappa shape index (κ3) is 2.64. The molecule has 20 heavy (non-hydrogen) atoms. The first-order valence-corrected chi connectivity index (χ1v) is 6.60. The first-order valence-electron chi connectivity index (χ1n) is 6.60.